The lowest BCUT2D eigenvalue weighted by molar-refractivity contribution is 0.142. The van der Waals surface area contributed by atoms with Gasteiger partial charge in [-0.3, -0.25) is 5.32 Å². The summed E-state index contributed by atoms with van der Waals surface area (Å²) < 4.78 is 5.03. The second-order valence-corrected chi connectivity index (χ2v) is 1.71. The Balaban J connectivity index is 3.22. The minimum atomic E-state index is 0.429. The van der Waals surface area contributed by atoms with Gasteiger partial charge in [-0.05, 0) is 7.05 Å². The molecule has 0 radical (unpaired) electrons. The van der Waals surface area contributed by atoms with Gasteiger partial charge in [0.05, 0.1) is 19.0 Å². The summed E-state index contributed by atoms with van der Waals surface area (Å²) in [6, 6.07) is 0. The summed E-state index contributed by atoms with van der Waals surface area (Å²) in [5.74, 6) is 0. The fourth-order valence-corrected chi connectivity index (χ4v) is 0.441. The minimum Gasteiger partial charge on any atom is -0.360 e. The van der Waals surface area contributed by atoms with Crippen LogP contribution in [0.5, 0.6) is 0 Å². The van der Waals surface area contributed by atoms with E-state index in [9.17, 15) is 0 Å². The smallest absolute Gasteiger partial charge is 0.0968 e. The number of azo groups is 1. The molecule has 10 heavy (non-hydrogen) atoms. The molecule has 58 valence electrons. The molecule has 0 amide bonds. The first-order chi connectivity index (χ1) is 4.81. The predicted molar refractivity (Wildman–Crippen MR) is 39.8 cm³/mol. The zero-order valence-corrected chi connectivity index (χ0v) is 6.42. The van der Waals surface area contributed by atoms with E-state index in [-0.39, 0.29) is 0 Å². The molecular formula is C6H13N3O. The van der Waals surface area contributed by atoms with E-state index in [1.165, 1.54) is 0 Å². The van der Waals surface area contributed by atoms with Crippen LogP contribution in [0.3, 0.4) is 0 Å². The number of hydrogen-bond donors (Lipinski definition) is 1. The van der Waals surface area contributed by atoms with Crippen molar-refractivity contribution in [3.63, 3.8) is 0 Å². The lowest BCUT2D eigenvalue weighted by Gasteiger charge is -1.99. The summed E-state index contributed by atoms with van der Waals surface area (Å²) in [7, 11) is 3.41. The van der Waals surface area contributed by atoms with Gasteiger partial charge in [-0.25, -0.2) is 0 Å². The Morgan fingerprint density at radius 3 is 2.90 bits per heavy atom. The zero-order chi connectivity index (χ0) is 7.82. The Hall–Kier alpha value is -0.740. The van der Waals surface area contributed by atoms with E-state index in [0.717, 1.165) is 0 Å². The Morgan fingerprint density at radius 1 is 1.70 bits per heavy atom. The van der Waals surface area contributed by atoms with E-state index in [2.05, 4.69) is 22.1 Å². The molecule has 0 unspecified atom stereocenters. The molecule has 1 N–H and O–H groups in total. The highest BCUT2D eigenvalue weighted by molar-refractivity contribution is 4.88. The minimum absolute atomic E-state index is 0.429. The first-order valence-corrected chi connectivity index (χ1v) is 3.01. The lowest BCUT2D eigenvalue weighted by Crippen LogP contribution is -2.12. The number of nitrogens with one attached hydrogen (secondary N) is 1. The number of rotatable bonds is 5. The van der Waals surface area contributed by atoms with Crippen molar-refractivity contribution >= 4 is 0 Å². The van der Waals surface area contributed by atoms with E-state index in [4.69, 9.17) is 4.74 Å². The van der Waals surface area contributed by atoms with Crippen LogP contribution in [-0.2, 0) is 4.74 Å². The molecule has 0 aliphatic carbocycles. The van der Waals surface area contributed by atoms with Crippen LogP contribution in [0.1, 0.15) is 0 Å². The van der Waals surface area contributed by atoms with Crippen molar-refractivity contribution in [2.24, 2.45) is 10.2 Å². The lowest BCUT2D eigenvalue weighted by atomic mass is 10.6. The van der Waals surface area contributed by atoms with Crippen LogP contribution in [-0.4, -0.2) is 27.4 Å². The topological polar surface area (TPSA) is 46.0 Å². The van der Waals surface area contributed by atoms with Crippen LogP contribution in [0.4, 0.5) is 0 Å². The van der Waals surface area contributed by atoms with E-state index in [1.807, 2.05) is 7.05 Å². The third kappa shape index (κ3) is 5.40. The molecule has 0 atom stereocenters. The molecule has 0 spiro atoms. The molecule has 0 aliphatic heterocycles. The first kappa shape index (κ1) is 9.26. The molecule has 0 heterocycles. The average molecular weight is 143 g/mol. The van der Waals surface area contributed by atoms with E-state index < -0.39 is 0 Å². The Kier molecular flexibility index (Phi) is 5.91. The van der Waals surface area contributed by atoms with Gasteiger partial charge >= 0.3 is 0 Å². The summed E-state index contributed by atoms with van der Waals surface area (Å²) in [4.78, 5) is 0. The van der Waals surface area contributed by atoms with Crippen molar-refractivity contribution in [3.8, 4) is 0 Å². The fourth-order valence-electron chi connectivity index (χ4n) is 0.441. The summed E-state index contributed by atoms with van der Waals surface area (Å²) in [5.41, 5.74) is 0.637. The molecule has 0 fully saturated rings. The van der Waals surface area contributed by atoms with Crippen molar-refractivity contribution in [1.29, 1.82) is 0 Å². The van der Waals surface area contributed by atoms with Crippen molar-refractivity contribution in [1.82, 2.24) is 5.32 Å². The Morgan fingerprint density at radius 2 is 2.40 bits per heavy atom. The normalized spacial score (nSPS) is 10.6. The van der Waals surface area contributed by atoms with E-state index >= 15 is 0 Å². The summed E-state index contributed by atoms with van der Waals surface area (Å²) in [6.07, 6.45) is 0. The third-order valence-electron chi connectivity index (χ3n) is 0.756. The third-order valence-corrected chi connectivity index (χ3v) is 0.756. The van der Waals surface area contributed by atoms with Crippen molar-refractivity contribution < 1.29 is 4.74 Å². The molecule has 0 aromatic rings. The van der Waals surface area contributed by atoms with Gasteiger partial charge in [0.15, 0.2) is 0 Å². The van der Waals surface area contributed by atoms with Crippen molar-refractivity contribution in [2.75, 3.05) is 27.4 Å². The number of nitrogens with zero attached hydrogens (tertiary/aromatic N) is 2. The highest BCUT2D eigenvalue weighted by Gasteiger charge is 1.88. The second-order valence-electron chi connectivity index (χ2n) is 1.71. The fraction of sp³-hybridized carbons (Fsp3) is 0.667. The highest BCUT2D eigenvalue weighted by Crippen LogP contribution is 1.92. The Labute approximate surface area is 61.0 Å². The van der Waals surface area contributed by atoms with Crippen LogP contribution >= 0.6 is 0 Å². The van der Waals surface area contributed by atoms with Gasteiger partial charge in [0.1, 0.15) is 0 Å². The molecular weight excluding hydrogens is 130 g/mol. The summed E-state index contributed by atoms with van der Waals surface area (Å²) >= 11 is 0. The van der Waals surface area contributed by atoms with Crippen LogP contribution < -0.4 is 5.32 Å². The quantitative estimate of drug-likeness (QED) is 0.351. The van der Waals surface area contributed by atoms with Gasteiger partial charge in [0.2, 0.25) is 0 Å². The second kappa shape index (κ2) is 6.38. The predicted octanol–water partition coefficient (Wildman–Crippen LogP) is 0.776. The summed E-state index contributed by atoms with van der Waals surface area (Å²) in [5, 5.41) is 10.0. The first-order valence-electron chi connectivity index (χ1n) is 3.01. The molecule has 0 aromatic heterocycles. The number of ether oxygens (including phenoxy) is 1. The maximum absolute atomic E-state index is 5.03. The average Bonchev–Trinajstić information content (AvgIpc) is 1.89. The van der Waals surface area contributed by atoms with Gasteiger partial charge in [-0.15, -0.1) is 0 Å². The zero-order valence-electron chi connectivity index (χ0n) is 6.42. The molecule has 0 aliphatic rings. The largest absolute Gasteiger partial charge is 0.360 e. The molecule has 0 rings (SSSR count). The van der Waals surface area contributed by atoms with Gasteiger partial charge in [0.25, 0.3) is 0 Å². The summed E-state index contributed by atoms with van der Waals surface area (Å²) in [6.45, 7) is 4.54. The van der Waals surface area contributed by atoms with Gasteiger partial charge < -0.3 is 4.74 Å². The van der Waals surface area contributed by atoms with Crippen LogP contribution in [0.25, 0.3) is 0 Å². The molecule has 0 saturated heterocycles. The molecule has 4 heteroatoms. The Bertz CT molecular complexity index is 122. The number of hydrogen-bond acceptors (Lipinski definition) is 4. The monoisotopic (exact) mass is 143 g/mol. The van der Waals surface area contributed by atoms with Crippen LogP contribution in [0.15, 0.2) is 22.5 Å². The van der Waals surface area contributed by atoms with E-state index in [1.54, 1.807) is 7.05 Å². The molecule has 0 bridgehead atoms. The van der Waals surface area contributed by atoms with Crippen molar-refractivity contribution in [2.45, 2.75) is 0 Å². The SMILES string of the molecule is C=C(COCNC)N=NC. The highest BCUT2D eigenvalue weighted by atomic mass is 16.5. The maximum Gasteiger partial charge on any atom is 0.0968 e. The van der Waals surface area contributed by atoms with Gasteiger partial charge in [-0.2, -0.15) is 10.2 Å². The van der Waals surface area contributed by atoms with Gasteiger partial charge in [0, 0.05) is 7.05 Å². The van der Waals surface area contributed by atoms with Crippen LogP contribution in [0, 0.1) is 0 Å². The van der Waals surface area contributed by atoms with Gasteiger partial charge in [-0.1, -0.05) is 6.58 Å². The van der Waals surface area contributed by atoms with Crippen molar-refractivity contribution in [3.05, 3.63) is 12.3 Å². The van der Waals surface area contributed by atoms with E-state index in [0.29, 0.717) is 19.0 Å². The maximum atomic E-state index is 5.03. The standard InChI is InChI=1S/C6H13N3O/c1-6(9-8-3)4-10-5-7-2/h7H,1,4-5H2,2-3H3. The molecule has 0 aromatic carbocycles. The molecule has 4 nitrogen and oxygen atoms in total. The van der Waals surface area contributed by atoms with Crippen LogP contribution in [0.2, 0.25) is 0 Å². The molecule has 0 saturated carbocycles.